The third-order valence-electron chi connectivity index (χ3n) is 2.86. The van der Waals surface area contributed by atoms with Gasteiger partial charge in [-0.1, -0.05) is 24.4 Å². The van der Waals surface area contributed by atoms with Gasteiger partial charge in [-0.3, -0.25) is 0 Å². The topological polar surface area (TPSA) is 57.9 Å². The molecule has 1 aromatic rings. The molecule has 2 rings (SSSR count). The Bertz CT molecular complexity index is 733. The predicted molar refractivity (Wildman–Crippen MR) is 78.4 cm³/mol. The molecule has 0 bridgehead atoms. The molecule has 0 fully saturated rings. The Morgan fingerprint density at radius 1 is 1.21 bits per heavy atom. The summed E-state index contributed by atoms with van der Waals surface area (Å²) < 4.78 is 22.8. The van der Waals surface area contributed by atoms with Crippen LogP contribution in [0.2, 0.25) is 0 Å². The molecule has 1 aliphatic carbocycles. The van der Waals surface area contributed by atoms with Crippen LogP contribution in [0.3, 0.4) is 0 Å². The van der Waals surface area contributed by atoms with Crippen LogP contribution in [-0.2, 0) is 9.84 Å². The summed E-state index contributed by atoms with van der Waals surface area (Å²) in [6.45, 7) is 0. The van der Waals surface area contributed by atoms with E-state index in [1.54, 1.807) is 36.4 Å². The van der Waals surface area contributed by atoms with E-state index in [2.05, 4.69) is 6.07 Å². The summed E-state index contributed by atoms with van der Waals surface area (Å²) in [4.78, 5) is 1.03. The molecule has 1 aromatic carbocycles. The highest BCUT2D eigenvalue weighted by molar-refractivity contribution is 7.90. The Kier molecular flexibility index (Phi) is 3.65. The number of thiocarbonyl (C=S) groups is 1. The second-order valence-corrected chi connectivity index (χ2v) is 6.82. The number of nitrogens with zero attached hydrogens (tertiary/aromatic N) is 1. The molecule has 0 N–H and O–H groups in total. The average molecular weight is 289 g/mol. The third kappa shape index (κ3) is 2.98. The monoisotopic (exact) mass is 289 g/mol. The molecule has 0 aliphatic heterocycles. The lowest BCUT2D eigenvalue weighted by atomic mass is 9.92. The molecule has 3 nitrogen and oxygen atoms in total. The number of allylic oxidation sites excluding steroid dienone is 4. The molecular weight excluding hydrogens is 278 g/mol. The first-order chi connectivity index (χ1) is 8.91. The van der Waals surface area contributed by atoms with Crippen molar-refractivity contribution in [3.63, 3.8) is 0 Å². The number of hydrogen-bond donors (Lipinski definition) is 0. The van der Waals surface area contributed by atoms with Crippen LogP contribution in [0.4, 0.5) is 0 Å². The van der Waals surface area contributed by atoms with Crippen molar-refractivity contribution in [2.24, 2.45) is 0 Å². The van der Waals surface area contributed by atoms with Crippen molar-refractivity contribution >= 4 is 32.5 Å². The Balaban J connectivity index is 2.48. The molecule has 0 saturated heterocycles. The first-order valence-corrected chi connectivity index (χ1v) is 7.86. The van der Waals surface area contributed by atoms with Crippen LogP contribution in [0.1, 0.15) is 12.0 Å². The Morgan fingerprint density at radius 2 is 1.84 bits per heavy atom. The SMILES string of the molecule is CS(=O)(=O)c1ccc(C2=C(C#N)C=CC(=S)C2)cc1. The fraction of sp³-hybridized carbons (Fsp3) is 0.143. The molecular formula is C14H11NO2S2. The van der Waals surface area contributed by atoms with E-state index >= 15 is 0 Å². The van der Waals surface area contributed by atoms with Gasteiger partial charge in [-0.2, -0.15) is 5.26 Å². The maximum absolute atomic E-state index is 11.4. The minimum Gasteiger partial charge on any atom is -0.224 e. The van der Waals surface area contributed by atoms with Crippen LogP contribution in [0, 0.1) is 11.3 Å². The predicted octanol–water partition coefficient (Wildman–Crippen LogP) is 2.70. The summed E-state index contributed by atoms with van der Waals surface area (Å²) in [5, 5.41) is 9.09. The van der Waals surface area contributed by atoms with Crippen LogP contribution in [0.15, 0.2) is 46.9 Å². The maximum atomic E-state index is 11.4. The average Bonchev–Trinajstić information content (AvgIpc) is 2.38. The fourth-order valence-electron chi connectivity index (χ4n) is 1.87. The van der Waals surface area contributed by atoms with Gasteiger partial charge in [-0.05, 0) is 35.4 Å². The van der Waals surface area contributed by atoms with Gasteiger partial charge in [0.2, 0.25) is 0 Å². The van der Waals surface area contributed by atoms with E-state index in [0.717, 1.165) is 16.0 Å². The van der Waals surface area contributed by atoms with Gasteiger partial charge >= 0.3 is 0 Å². The van der Waals surface area contributed by atoms with Crippen molar-refractivity contribution in [2.45, 2.75) is 11.3 Å². The van der Waals surface area contributed by atoms with E-state index in [0.29, 0.717) is 12.0 Å². The molecule has 96 valence electrons. The number of hydrogen-bond acceptors (Lipinski definition) is 4. The number of nitriles is 1. The summed E-state index contributed by atoms with van der Waals surface area (Å²) in [5.41, 5.74) is 2.24. The van der Waals surface area contributed by atoms with Crippen LogP contribution in [0.5, 0.6) is 0 Å². The van der Waals surface area contributed by atoms with Crippen molar-refractivity contribution in [2.75, 3.05) is 6.26 Å². The van der Waals surface area contributed by atoms with Crippen LogP contribution < -0.4 is 0 Å². The Labute approximate surface area is 117 Å². The van der Waals surface area contributed by atoms with Gasteiger partial charge in [0.25, 0.3) is 0 Å². The number of benzene rings is 1. The molecule has 1 aliphatic rings. The van der Waals surface area contributed by atoms with Crippen LogP contribution in [-0.4, -0.2) is 19.5 Å². The summed E-state index contributed by atoms with van der Waals surface area (Å²) in [7, 11) is -3.20. The van der Waals surface area contributed by atoms with Crippen molar-refractivity contribution in [3.8, 4) is 6.07 Å². The van der Waals surface area contributed by atoms with Crippen molar-refractivity contribution in [3.05, 3.63) is 47.6 Å². The van der Waals surface area contributed by atoms with Gasteiger partial charge in [0.15, 0.2) is 9.84 Å². The molecule has 5 heteroatoms. The van der Waals surface area contributed by atoms with Gasteiger partial charge in [0.1, 0.15) is 0 Å². The highest BCUT2D eigenvalue weighted by Crippen LogP contribution is 2.28. The Hall–Kier alpha value is -1.77. The van der Waals surface area contributed by atoms with Gasteiger partial charge < -0.3 is 0 Å². The third-order valence-corrected chi connectivity index (χ3v) is 4.27. The molecule has 0 atom stereocenters. The quantitative estimate of drug-likeness (QED) is 0.785. The lowest BCUT2D eigenvalue weighted by Gasteiger charge is -2.13. The molecule has 0 heterocycles. The maximum Gasteiger partial charge on any atom is 0.175 e. The second-order valence-electron chi connectivity index (χ2n) is 4.28. The highest BCUT2D eigenvalue weighted by atomic mass is 32.2. The zero-order valence-corrected chi connectivity index (χ0v) is 11.9. The number of sulfone groups is 1. The van der Waals surface area contributed by atoms with Crippen LogP contribution >= 0.6 is 12.2 Å². The number of rotatable bonds is 2. The molecule has 0 saturated carbocycles. The first-order valence-electron chi connectivity index (χ1n) is 5.56. The van der Waals surface area contributed by atoms with E-state index in [-0.39, 0.29) is 4.90 Å². The zero-order valence-electron chi connectivity index (χ0n) is 10.3. The van der Waals surface area contributed by atoms with Gasteiger partial charge in [-0.15, -0.1) is 0 Å². The molecule has 0 radical (unpaired) electrons. The molecule has 0 amide bonds. The summed E-state index contributed by atoms with van der Waals surface area (Å²) in [6.07, 6.45) is 5.15. The largest absolute Gasteiger partial charge is 0.224 e. The highest BCUT2D eigenvalue weighted by Gasteiger charge is 2.14. The minimum absolute atomic E-state index is 0.268. The van der Waals surface area contributed by atoms with Crippen LogP contribution in [0.25, 0.3) is 5.57 Å². The minimum atomic E-state index is -3.20. The van der Waals surface area contributed by atoms with Crippen molar-refractivity contribution in [1.82, 2.24) is 0 Å². The van der Waals surface area contributed by atoms with Crippen molar-refractivity contribution in [1.29, 1.82) is 5.26 Å². The summed E-state index contributed by atoms with van der Waals surface area (Å²) in [5.74, 6) is 0. The van der Waals surface area contributed by atoms with Gasteiger partial charge in [-0.25, -0.2) is 8.42 Å². The van der Waals surface area contributed by atoms with Gasteiger partial charge in [0, 0.05) is 17.5 Å². The van der Waals surface area contributed by atoms with E-state index in [1.165, 1.54) is 6.26 Å². The first kappa shape index (κ1) is 13.7. The Morgan fingerprint density at radius 3 is 2.37 bits per heavy atom. The summed E-state index contributed by atoms with van der Waals surface area (Å²) >= 11 is 5.14. The van der Waals surface area contributed by atoms with E-state index < -0.39 is 9.84 Å². The zero-order chi connectivity index (χ0) is 14.0. The molecule has 19 heavy (non-hydrogen) atoms. The standard InChI is InChI=1S/C14H11NO2S2/c1-19(16,17)13-6-3-10(4-7-13)14-8-12(18)5-2-11(14)9-15/h2-7H,8H2,1H3. The molecule has 0 unspecified atom stereocenters. The summed E-state index contributed by atoms with van der Waals surface area (Å²) in [6, 6.07) is 8.66. The van der Waals surface area contributed by atoms with E-state index in [9.17, 15) is 8.42 Å². The second kappa shape index (κ2) is 5.08. The molecule has 0 spiro atoms. The van der Waals surface area contributed by atoms with Crippen molar-refractivity contribution < 1.29 is 8.42 Å². The van der Waals surface area contributed by atoms with E-state index in [4.69, 9.17) is 17.5 Å². The molecule has 0 aromatic heterocycles. The lowest BCUT2D eigenvalue weighted by molar-refractivity contribution is 0.602. The normalized spacial score (nSPS) is 15.5. The van der Waals surface area contributed by atoms with Gasteiger partial charge in [0.05, 0.1) is 16.5 Å². The lowest BCUT2D eigenvalue weighted by Crippen LogP contribution is -2.02. The fourth-order valence-corrected chi connectivity index (χ4v) is 2.71. The van der Waals surface area contributed by atoms with E-state index in [1.807, 2.05) is 0 Å². The smallest absolute Gasteiger partial charge is 0.175 e.